The zero-order chi connectivity index (χ0) is 13.3. The molecule has 1 aromatic heterocycles. The summed E-state index contributed by atoms with van der Waals surface area (Å²) in [6, 6.07) is 6.49. The van der Waals surface area contributed by atoms with Crippen molar-refractivity contribution in [3.8, 4) is 0 Å². The molecular weight excluding hydrogens is 222 g/mol. The van der Waals surface area contributed by atoms with Gasteiger partial charge in [-0.25, -0.2) is 4.98 Å². The summed E-state index contributed by atoms with van der Waals surface area (Å²) in [4.78, 5) is 4.84. The van der Waals surface area contributed by atoms with E-state index in [4.69, 9.17) is 4.98 Å². The number of rotatable bonds is 4. The number of hydrogen-bond acceptors (Lipinski definition) is 2. The Morgan fingerprint density at radius 3 is 2.61 bits per heavy atom. The topological polar surface area (TPSA) is 29.9 Å². The van der Waals surface area contributed by atoms with Crippen molar-refractivity contribution >= 4 is 11.0 Å². The van der Waals surface area contributed by atoms with Crippen LogP contribution in [0.1, 0.15) is 39.1 Å². The van der Waals surface area contributed by atoms with Crippen LogP contribution < -0.4 is 5.32 Å². The summed E-state index contributed by atoms with van der Waals surface area (Å²) >= 11 is 0. The number of benzene rings is 1. The molecule has 2 aromatic rings. The molecule has 0 atom stereocenters. The molecule has 0 aliphatic carbocycles. The first-order valence-corrected chi connectivity index (χ1v) is 6.72. The largest absolute Gasteiger partial charge is 0.327 e. The fourth-order valence-electron chi connectivity index (χ4n) is 2.56. The van der Waals surface area contributed by atoms with Crippen LogP contribution in [-0.2, 0) is 12.1 Å². The van der Waals surface area contributed by atoms with E-state index < -0.39 is 0 Å². The molecule has 0 fully saturated rings. The number of aromatic nitrogens is 2. The highest BCUT2D eigenvalue weighted by Crippen LogP contribution is 2.25. The first-order chi connectivity index (χ1) is 8.49. The van der Waals surface area contributed by atoms with Gasteiger partial charge in [-0.3, -0.25) is 0 Å². The van der Waals surface area contributed by atoms with Crippen molar-refractivity contribution in [1.29, 1.82) is 0 Å². The van der Waals surface area contributed by atoms with Gasteiger partial charge in [-0.2, -0.15) is 0 Å². The minimum absolute atomic E-state index is 0.0995. The molecule has 3 heteroatoms. The summed E-state index contributed by atoms with van der Waals surface area (Å²) < 4.78 is 2.30. The lowest BCUT2D eigenvalue weighted by Gasteiger charge is -2.25. The normalized spacial score (nSPS) is 12.3. The van der Waals surface area contributed by atoms with E-state index in [1.165, 1.54) is 11.1 Å². The molecule has 0 bridgehead atoms. The Kier molecular flexibility index (Phi) is 3.44. The highest BCUT2D eigenvalue weighted by atomic mass is 15.1. The smallest absolute Gasteiger partial charge is 0.129 e. The van der Waals surface area contributed by atoms with Gasteiger partial charge in [-0.15, -0.1) is 0 Å². The van der Waals surface area contributed by atoms with Crippen molar-refractivity contribution in [2.45, 2.75) is 46.7 Å². The van der Waals surface area contributed by atoms with Crippen LogP contribution in [0.5, 0.6) is 0 Å². The third-order valence-corrected chi connectivity index (χ3v) is 3.40. The Hall–Kier alpha value is -1.35. The number of nitrogens with one attached hydrogen (secondary N) is 1. The number of nitrogens with zero attached hydrogens (tertiary/aromatic N) is 2. The van der Waals surface area contributed by atoms with Crippen LogP contribution in [0.2, 0.25) is 0 Å². The molecule has 0 unspecified atom stereocenters. The quantitative estimate of drug-likeness (QED) is 0.896. The van der Waals surface area contributed by atoms with E-state index in [0.717, 1.165) is 24.4 Å². The zero-order valence-electron chi connectivity index (χ0n) is 12.0. The fourth-order valence-corrected chi connectivity index (χ4v) is 2.56. The van der Waals surface area contributed by atoms with Crippen LogP contribution in [-0.4, -0.2) is 16.1 Å². The highest BCUT2D eigenvalue weighted by Gasteiger charge is 2.26. The zero-order valence-corrected chi connectivity index (χ0v) is 12.0. The standard InChI is InChI=1S/C15H23N3/c1-6-16-15(4,5)14-17-12-10-11(3)8-9-13(12)18(14)7-2/h8-10,16H,6-7H2,1-5H3. The lowest BCUT2D eigenvalue weighted by Crippen LogP contribution is -2.38. The summed E-state index contributed by atoms with van der Waals surface area (Å²) in [5, 5.41) is 3.51. The Balaban J connectivity index is 2.63. The van der Waals surface area contributed by atoms with Gasteiger partial charge in [0.15, 0.2) is 0 Å². The van der Waals surface area contributed by atoms with Gasteiger partial charge in [-0.05, 0) is 51.9 Å². The average Bonchev–Trinajstić information content (AvgIpc) is 2.67. The lowest BCUT2D eigenvalue weighted by atomic mass is 10.0. The maximum Gasteiger partial charge on any atom is 0.129 e. The van der Waals surface area contributed by atoms with Gasteiger partial charge in [0.2, 0.25) is 0 Å². The summed E-state index contributed by atoms with van der Waals surface area (Å²) in [6.45, 7) is 12.7. The second-order valence-electron chi connectivity index (χ2n) is 5.33. The van der Waals surface area contributed by atoms with Crippen LogP contribution in [0, 0.1) is 6.92 Å². The predicted octanol–water partition coefficient (Wildman–Crippen LogP) is 3.21. The van der Waals surface area contributed by atoms with Gasteiger partial charge in [0.05, 0.1) is 16.6 Å². The molecule has 0 amide bonds. The first kappa shape index (κ1) is 13.1. The summed E-state index contributed by atoms with van der Waals surface area (Å²) in [5.74, 6) is 1.12. The third-order valence-electron chi connectivity index (χ3n) is 3.40. The molecule has 18 heavy (non-hydrogen) atoms. The van der Waals surface area contributed by atoms with Crippen molar-refractivity contribution in [2.24, 2.45) is 0 Å². The van der Waals surface area contributed by atoms with Crippen LogP contribution >= 0.6 is 0 Å². The van der Waals surface area contributed by atoms with E-state index in [1.54, 1.807) is 0 Å². The van der Waals surface area contributed by atoms with Gasteiger partial charge in [0, 0.05) is 6.54 Å². The van der Waals surface area contributed by atoms with E-state index in [0.29, 0.717) is 0 Å². The van der Waals surface area contributed by atoms with E-state index >= 15 is 0 Å². The van der Waals surface area contributed by atoms with Crippen LogP contribution in [0.15, 0.2) is 18.2 Å². The molecule has 0 saturated heterocycles. The van der Waals surface area contributed by atoms with Crippen molar-refractivity contribution in [1.82, 2.24) is 14.9 Å². The monoisotopic (exact) mass is 245 g/mol. The molecule has 2 rings (SSSR count). The minimum Gasteiger partial charge on any atom is -0.327 e. The van der Waals surface area contributed by atoms with E-state index in [2.05, 4.69) is 62.7 Å². The second-order valence-corrected chi connectivity index (χ2v) is 5.33. The van der Waals surface area contributed by atoms with Gasteiger partial charge < -0.3 is 9.88 Å². The number of hydrogen-bond donors (Lipinski definition) is 1. The van der Waals surface area contributed by atoms with Crippen molar-refractivity contribution < 1.29 is 0 Å². The molecule has 0 aliphatic rings. The molecule has 0 aliphatic heterocycles. The maximum absolute atomic E-state index is 4.84. The van der Waals surface area contributed by atoms with Crippen LogP contribution in [0.4, 0.5) is 0 Å². The number of imidazole rings is 1. The predicted molar refractivity (Wildman–Crippen MR) is 76.8 cm³/mol. The molecule has 1 N–H and O–H groups in total. The highest BCUT2D eigenvalue weighted by molar-refractivity contribution is 5.77. The van der Waals surface area contributed by atoms with Crippen molar-refractivity contribution in [3.05, 3.63) is 29.6 Å². The molecule has 3 nitrogen and oxygen atoms in total. The van der Waals surface area contributed by atoms with Crippen LogP contribution in [0.3, 0.4) is 0 Å². The second kappa shape index (κ2) is 4.73. The molecule has 1 aromatic carbocycles. The molecule has 0 spiro atoms. The minimum atomic E-state index is -0.0995. The molecule has 98 valence electrons. The van der Waals surface area contributed by atoms with Gasteiger partial charge >= 0.3 is 0 Å². The summed E-state index contributed by atoms with van der Waals surface area (Å²) in [7, 11) is 0. The van der Waals surface area contributed by atoms with E-state index in [-0.39, 0.29) is 5.54 Å². The van der Waals surface area contributed by atoms with Gasteiger partial charge in [0.25, 0.3) is 0 Å². The molecule has 0 saturated carbocycles. The van der Waals surface area contributed by atoms with E-state index in [9.17, 15) is 0 Å². The van der Waals surface area contributed by atoms with Crippen molar-refractivity contribution in [3.63, 3.8) is 0 Å². The number of aryl methyl sites for hydroxylation is 2. The Labute approximate surface area is 109 Å². The number of fused-ring (bicyclic) bond motifs is 1. The summed E-state index contributed by atoms with van der Waals surface area (Å²) in [6.07, 6.45) is 0. The van der Waals surface area contributed by atoms with Gasteiger partial charge in [0.1, 0.15) is 5.82 Å². The molecule has 0 radical (unpaired) electrons. The average molecular weight is 245 g/mol. The summed E-state index contributed by atoms with van der Waals surface area (Å²) in [5.41, 5.74) is 3.48. The first-order valence-electron chi connectivity index (χ1n) is 6.72. The van der Waals surface area contributed by atoms with E-state index in [1.807, 2.05) is 0 Å². The molecular formula is C15H23N3. The Morgan fingerprint density at radius 1 is 1.28 bits per heavy atom. The third kappa shape index (κ3) is 2.15. The van der Waals surface area contributed by atoms with Gasteiger partial charge in [-0.1, -0.05) is 13.0 Å². The lowest BCUT2D eigenvalue weighted by molar-refractivity contribution is 0.377. The maximum atomic E-state index is 4.84. The fraction of sp³-hybridized carbons (Fsp3) is 0.533. The molecule has 1 heterocycles. The Bertz CT molecular complexity index is 552. The van der Waals surface area contributed by atoms with Crippen LogP contribution in [0.25, 0.3) is 11.0 Å². The Morgan fingerprint density at radius 2 is 2.00 bits per heavy atom. The van der Waals surface area contributed by atoms with Crippen molar-refractivity contribution in [2.75, 3.05) is 6.54 Å². The SMILES string of the molecule is CCNC(C)(C)c1nc2cc(C)ccc2n1CC.